The summed E-state index contributed by atoms with van der Waals surface area (Å²) in [5, 5.41) is 3.93. The third-order valence-electron chi connectivity index (χ3n) is 3.44. The van der Waals surface area contributed by atoms with Crippen LogP contribution in [-0.4, -0.2) is 30.3 Å². The minimum absolute atomic E-state index is 0.0447. The fourth-order valence-electron chi connectivity index (χ4n) is 2.12. The fraction of sp³-hybridized carbons (Fsp3) is 0.353. The second kappa shape index (κ2) is 6.35. The van der Waals surface area contributed by atoms with E-state index in [-0.39, 0.29) is 11.1 Å². The molecule has 7 heteroatoms. The van der Waals surface area contributed by atoms with E-state index in [9.17, 15) is 4.79 Å². The molecule has 0 radical (unpaired) electrons. The molecule has 1 aromatic carbocycles. The van der Waals surface area contributed by atoms with Gasteiger partial charge in [0.25, 0.3) is 5.91 Å². The number of amides is 1. The number of rotatable bonds is 3. The first-order valence-electron chi connectivity index (χ1n) is 7.58. The topological polar surface area (TPSA) is 86.0 Å². The van der Waals surface area contributed by atoms with Gasteiger partial charge in [-0.05, 0) is 23.8 Å². The number of hydrogen-bond donors (Lipinski definition) is 1. The minimum Gasteiger partial charge on any atom is -0.489 e. The SMILES string of the molecule is Cc1nc(C(=O)N/N=C\c2ccc3c(c2)OCC(C)(C)CO3)co1. The Hall–Kier alpha value is -2.83. The fourth-order valence-corrected chi connectivity index (χ4v) is 2.12. The number of hydrogen-bond acceptors (Lipinski definition) is 6. The largest absolute Gasteiger partial charge is 0.489 e. The zero-order valence-electron chi connectivity index (χ0n) is 13.8. The maximum absolute atomic E-state index is 11.8. The Labute approximate surface area is 139 Å². The maximum atomic E-state index is 11.8. The van der Waals surface area contributed by atoms with Crippen molar-refractivity contribution in [1.29, 1.82) is 0 Å². The molecule has 1 aliphatic heterocycles. The summed E-state index contributed by atoms with van der Waals surface area (Å²) in [5.41, 5.74) is 3.33. The molecule has 3 rings (SSSR count). The lowest BCUT2D eigenvalue weighted by atomic mass is 9.97. The van der Waals surface area contributed by atoms with Gasteiger partial charge in [0.15, 0.2) is 23.1 Å². The summed E-state index contributed by atoms with van der Waals surface area (Å²) in [6.45, 7) is 7.01. The van der Waals surface area contributed by atoms with Crippen molar-refractivity contribution in [3.05, 3.63) is 41.6 Å². The van der Waals surface area contributed by atoms with E-state index in [1.807, 2.05) is 18.2 Å². The van der Waals surface area contributed by atoms with Crippen LogP contribution in [0.2, 0.25) is 0 Å². The molecule has 0 bridgehead atoms. The molecule has 1 aromatic heterocycles. The molecule has 2 aromatic rings. The third kappa shape index (κ3) is 3.73. The standard InChI is InChI=1S/C17H19N3O4/c1-11-19-13(8-22-11)16(21)20-18-7-12-4-5-14-15(6-12)24-10-17(2,3)9-23-14/h4-8H,9-10H2,1-3H3,(H,20,21)/b18-7-. The number of aryl methyl sites for hydroxylation is 1. The van der Waals surface area contributed by atoms with Gasteiger partial charge in [0, 0.05) is 12.3 Å². The summed E-state index contributed by atoms with van der Waals surface area (Å²) in [5.74, 6) is 1.37. The van der Waals surface area contributed by atoms with E-state index >= 15 is 0 Å². The molecule has 1 amide bonds. The number of benzene rings is 1. The highest BCUT2D eigenvalue weighted by molar-refractivity contribution is 5.92. The molecule has 0 aliphatic carbocycles. The quantitative estimate of drug-likeness (QED) is 0.691. The third-order valence-corrected chi connectivity index (χ3v) is 3.44. The number of hydrazone groups is 1. The van der Waals surface area contributed by atoms with Gasteiger partial charge < -0.3 is 13.9 Å². The van der Waals surface area contributed by atoms with E-state index in [1.54, 1.807) is 6.92 Å². The van der Waals surface area contributed by atoms with Crippen LogP contribution in [0, 0.1) is 12.3 Å². The number of carbonyl (C=O) groups excluding carboxylic acids is 1. The van der Waals surface area contributed by atoms with Crippen LogP contribution in [0.5, 0.6) is 11.5 Å². The zero-order chi connectivity index (χ0) is 17.2. The Bertz CT molecular complexity index is 780. The zero-order valence-corrected chi connectivity index (χ0v) is 13.8. The van der Waals surface area contributed by atoms with Gasteiger partial charge in [-0.1, -0.05) is 13.8 Å². The van der Waals surface area contributed by atoms with Crippen LogP contribution in [-0.2, 0) is 0 Å². The van der Waals surface area contributed by atoms with Crippen molar-refractivity contribution >= 4 is 12.1 Å². The lowest BCUT2D eigenvalue weighted by Crippen LogP contribution is -2.26. The second-order valence-corrected chi connectivity index (χ2v) is 6.40. The van der Waals surface area contributed by atoms with Crippen molar-refractivity contribution in [2.45, 2.75) is 20.8 Å². The number of ether oxygens (including phenoxy) is 2. The highest BCUT2D eigenvalue weighted by Crippen LogP contribution is 2.33. The van der Waals surface area contributed by atoms with E-state index in [4.69, 9.17) is 13.9 Å². The first kappa shape index (κ1) is 16.0. The van der Waals surface area contributed by atoms with Crippen molar-refractivity contribution in [2.24, 2.45) is 10.5 Å². The lowest BCUT2D eigenvalue weighted by molar-refractivity contribution is 0.0950. The van der Waals surface area contributed by atoms with Crippen molar-refractivity contribution in [1.82, 2.24) is 10.4 Å². The molecule has 0 spiro atoms. The van der Waals surface area contributed by atoms with Crippen molar-refractivity contribution in [3.63, 3.8) is 0 Å². The van der Waals surface area contributed by atoms with Gasteiger partial charge in [0.1, 0.15) is 6.26 Å². The van der Waals surface area contributed by atoms with Crippen LogP contribution >= 0.6 is 0 Å². The summed E-state index contributed by atoms with van der Waals surface area (Å²) in [4.78, 5) is 15.7. The number of carbonyl (C=O) groups is 1. The molecule has 0 saturated heterocycles. The Morgan fingerprint density at radius 2 is 2.04 bits per heavy atom. The Morgan fingerprint density at radius 1 is 1.29 bits per heavy atom. The molecule has 1 N–H and O–H groups in total. The molecule has 2 heterocycles. The number of nitrogens with zero attached hydrogens (tertiary/aromatic N) is 2. The maximum Gasteiger partial charge on any atom is 0.293 e. The van der Waals surface area contributed by atoms with E-state index in [2.05, 4.69) is 29.4 Å². The predicted octanol–water partition coefficient (Wildman–Crippen LogP) is 2.54. The highest BCUT2D eigenvalue weighted by atomic mass is 16.5. The monoisotopic (exact) mass is 329 g/mol. The summed E-state index contributed by atoms with van der Waals surface area (Å²) in [6.07, 6.45) is 2.82. The number of fused-ring (bicyclic) bond motifs is 1. The van der Waals surface area contributed by atoms with E-state index < -0.39 is 5.91 Å². The second-order valence-electron chi connectivity index (χ2n) is 6.40. The smallest absolute Gasteiger partial charge is 0.293 e. The van der Waals surface area contributed by atoms with Crippen LogP contribution in [0.15, 0.2) is 34.0 Å². The highest BCUT2D eigenvalue weighted by Gasteiger charge is 2.25. The van der Waals surface area contributed by atoms with Crippen molar-refractivity contribution in [3.8, 4) is 11.5 Å². The molecule has 0 saturated carbocycles. The average Bonchev–Trinajstić information content (AvgIpc) is 2.92. The number of oxazole rings is 1. The van der Waals surface area contributed by atoms with Gasteiger partial charge >= 0.3 is 0 Å². The van der Waals surface area contributed by atoms with Gasteiger partial charge in [-0.3, -0.25) is 4.79 Å². The molecule has 1 aliphatic rings. The van der Waals surface area contributed by atoms with Crippen LogP contribution in [0.1, 0.15) is 35.8 Å². The van der Waals surface area contributed by atoms with Crippen LogP contribution in [0.25, 0.3) is 0 Å². The molecule has 126 valence electrons. The summed E-state index contributed by atoms with van der Waals surface area (Å²) in [6, 6.07) is 5.50. The molecule has 24 heavy (non-hydrogen) atoms. The Kier molecular flexibility index (Phi) is 4.24. The first-order chi connectivity index (χ1) is 11.4. The van der Waals surface area contributed by atoms with Crippen molar-refractivity contribution < 1.29 is 18.7 Å². The number of nitrogens with one attached hydrogen (secondary N) is 1. The van der Waals surface area contributed by atoms with E-state index in [1.165, 1.54) is 12.5 Å². The molecule has 0 atom stereocenters. The number of aromatic nitrogens is 1. The first-order valence-corrected chi connectivity index (χ1v) is 7.58. The summed E-state index contributed by atoms with van der Waals surface area (Å²) in [7, 11) is 0. The molecule has 7 nitrogen and oxygen atoms in total. The predicted molar refractivity (Wildman–Crippen MR) is 87.5 cm³/mol. The van der Waals surface area contributed by atoms with E-state index in [0.717, 1.165) is 5.56 Å². The van der Waals surface area contributed by atoms with Crippen molar-refractivity contribution in [2.75, 3.05) is 13.2 Å². The summed E-state index contributed by atoms with van der Waals surface area (Å²) < 4.78 is 16.6. The normalized spacial score (nSPS) is 16.0. The Morgan fingerprint density at radius 3 is 2.75 bits per heavy atom. The van der Waals surface area contributed by atoms with Crippen LogP contribution in [0.3, 0.4) is 0 Å². The van der Waals surface area contributed by atoms with Crippen LogP contribution in [0.4, 0.5) is 0 Å². The van der Waals surface area contributed by atoms with Crippen LogP contribution < -0.4 is 14.9 Å². The van der Waals surface area contributed by atoms with Gasteiger partial charge in [0.2, 0.25) is 0 Å². The Balaban J connectivity index is 1.66. The van der Waals surface area contributed by atoms with Gasteiger partial charge in [0.05, 0.1) is 19.4 Å². The average molecular weight is 329 g/mol. The molecular weight excluding hydrogens is 310 g/mol. The van der Waals surface area contributed by atoms with E-state index in [0.29, 0.717) is 30.6 Å². The lowest BCUT2D eigenvalue weighted by Gasteiger charge is -2.19. The molecule has 0 fully saturated rings. The van der Waals surface area contributed by atoms with Gasteiger partial charge in [-0.15, -0.1) is 0 Å². The molecule has 0 unspecified atom stereocenters. The summed E-state index contributed by atoms with van der Waals surface area (Å²) >= 11 is 0. The minimum atomic E-state index is -0.431. The molecular formula is C17H19N3O4. The van der Waals surface area contributed by atoms with Gasteiger partial charge in [-0.25, -0.2) is 10.4 Å². The van der Waals surface area contributed by atoms with Gasteiger partial charge in [-0.2, -0.15) is 5.10 Å².